The molecule has 0 bridgehead atoms. The van der Waals surface area contributed by atoms with Crippen molar-refractivity contribution in [2.24, 2.45) is 5.41 Å². The highest BCUT2D eigenvalue weighted by molar-refractivity contribution is 5.91. The Labute approximate surface area is 171 Å². The van der Waals surface area contributed by atoms with Crippen LogP contribution in [-0.4, -0.2) is 56.8 Å². The second-order valence-electron chi connectivity index (χ2n) is 6.91. The Morgan fingerprint density at radius 3 is 2.55 bits per heavy atom. The molecule has 0 unspecified atom stereocenters. The molecule has 0 N–H and O–H groups in total. The largest absolute Gasteiger partial charge is 0.496 e. The number of carbonyl (C=O) groups excluding carboxylic acids is 2. The molecular formula is C23H27NO5. The molecule has 1 aromatic carbocycles. The van der Waals surface area contributed by atoms with Gasteiger partial charge in [0.2, 0.25) is 5.91 Å². The van der Waals surface area contributed by atoms with Crippen LogP contribution >= 0.6 is 0 Å². The van der Waals surface area contributed by atoms with E-state index in [-0.39, 0.29) is 18.4 Å². The molecule has 6 heteroatoms. The molecule has 1 aliphatic heterocycles. The van der Waals surface area contributed by atoms with Crippen molar-refractivity contribution < 1.29 is 23.8 Å². The minimum Gasteiger partial charge on any atom is -0.496 e. The van der Waals surface area contributed by atoms with Gasteiger partial charge in [-0.25, -0.2) is 0 Å². The van der Waals surface area contributed by atoms with Crippen LogP contribution in [0.25, 0.3) is 0 Å². The number of amides is 1. The van der Waals surface area contributed by atoms with E-state index in [9.17, 15) is 9.59 Å². The first-order valence-corrected chi connectivity index (χ1v) is 9.84. The third-order valence-corrected chi connectivity index (χ3v) is 5.11. The van der Waals surface area contributed by atoms with E-state index in [0.717, 1.165) is 11.3 Å². The molecule has 2 aliphatic rings. The van der Waals surface area contributed by atoms with Gasteiger partial charge in [-0.2, -0.15) is 0 Å². The van der Waals surface area contributed by atoms with Crippen molar-refractivity contribution >= 4 is 11.9 Å². The number of morpholine rings is 1. The molecule has 3 rings (SSSR count). The van der Waals surface area contributed by atoms with Gasteiger partial charge in [0.05, 0.1) is 26.9 Å². The number of esters is 1. The maximum Gasteiger partial charge on any atom is 0.323 e. The van der Waals surface area contributed by atoms with Gasteiger partial charge in [0.1, 0.15) is 11.2 Å². The Morgan fingerprint density at radius 1 is 1.21 bits per heavy atom. The summed E-state index contributed by atoms with van der Waals surface area (Å²) in [6.45, 7) is 4.20. The third kappa shape index (κ3) is 4.77. The van der Waals surface area contributed by atoms with E-state index in [1.807, 2.05) is 36.4 Å². The lowest BCUT2D eigenvalue weighted by Gasteiger charge is -2.28. The van der Waals surface area contributed by atoms with E-state index in [4.69, 9.17) is 14.2 Å². The molecule has 0 saturated carbocycles. The monoisotopic (exact) mass is 397 g/mol. The van der Waals surface area contributed by atoms with Crippen LogP contribution in [0.5, 0.6) is 5.75 Å². The van der Waals surface area contributed by atoms with E-state index in [2.05, 4.69) is 0 Å². The van der Waals surface area contributed by atoms with Crippen molar-refractivity contribution in [3.8, 4) is 5.75 Å². The SMILES string of the molecule is CCOC(=O)C1(/C=C/C(=O)N2CCOCC2)C=CC(c2ccccc2OC)C=C1. The number of carbonyl (C=O) groups is 2. The van der Waals surface area contributed by atoms with Crippen LogP contribution in [0.15, 0.2) is 60.7 Å². The highest BCUT2D eigenvalue weighted by Gasteiger charge is 2.35. The fourth-order valence-electron chi connectivity index (χ4n) is 3.46. The van der Waals surface area contributed by atoms with Crippen molar-refractivity contribution in [2.75, 3.05) is 40.0 Å². The zero-order chi connectivity index (χ0) is 20.7. The first kappa shape index (κ1) is 20.9. The van der Waals surface area contributed by atoms with E-state index in [1.54, 1.807) is 37.2 Å². The maximum atomic E-state index is 12.7. The van der Waals surface area contributed by atoms with E-state index in [0.29, 0.717) is 26.3 Å². The molecule has 0 spiro atoms. The van der Waals surface area contributed by atoms with Crippen LogP contribution in [0.3, 0.4) is 0 Å². The smallest absolute Gasteiger partial charge is 0.323 e. The lowest BCUT2D eigenvalue weighted by atomic mass is 9.79. The van der Waals surface area contributed by atoms with Gasteiger partial charge in [-0.05, 0) is 13.0 Å². The van der Waals surface area contributed by atoms with Crippen LogP contribution in [-0.2, 0) is 19.1 Å². The topological polar surface area (TPSA) is 65.1 Å². The van der Waals surface area contributed by atoms with Gasteiger partial charge in [0.15, 0.2) is 0 Å². The fraction of sp³-hybridized carbons (Fsp3) is 0.391. The van der Waals surface area contributed by atoms with Crippen LogP contribution in [0.4, 0.5) is 0 Å². The number of hydrogen-bond acceptors (Lipinski definition) is 5. The van der Waals surface area contributed by atoms with Crippen molar-refractivity contribution in [1.82, 2.24) is 4.90 Å². The summed E-state index contributed by atoms with van der Waals surface area (Å²) >= 11 is 0. The summed E-state index contributed by atoms with van der Waals surface area (Å²) in [5.74, 6) is 0.216. The average Bonchev–Trinajstić information content (AvgIpc) is 2.78. The van der Waals surface area contributed by atoms with Crippen molar-refractivity contribution in [1.29, 1.82) is 0 Å². The summed E-state index contributed by atoms with van der Waals surface area (Å²) in [4.78, 5) is 26.9. The number of para-hydroxylation sites is 1. The summed E-state index contributed by atoms with van der Waals surface area (Å²) in [6, 6.07) is 7.77. The van der Waals surface area contributed by atoms with Gasteiger partial charge >= 0.3 is 5.97 Å². The first-order valence-electron chi connectivity index (χ1n) is 9.84. The molecule has 1 aromatic rings. The standard InChI is InChI=1S/C23H27NO5/c1-3-29-22(26)23(13-10-21(25)24-14-16-28-17-15-24)11-8-18(9-12-23)19-6-4-5-7-20(19)27-2/h4-13,18H,3,14-17H2,1-2H3/b13-10+. The van der Waals surface area contributed by atoms with Crippen LogP contribution in [0, 0.1) is 5.41 Å². The number of rotatable bonds is 6. The number of hydrogen-bond donors (Lipinski definition) is 0. The number of benzene rings is 1. The predicted octanol–water partition coefficient (Wildman–Crippen LogP) is 2.87. The minimum atomic E-state index is -1.10. The fourth-order valence-corrected chi connectivity index (χ4v) is 3.46. The van der Waals surface area contributed by atoms with E-state index < -0.39 is 11.4 Å². The van der Waals surface area contributed by atoms with Crippen LogP contribution < -0.4 is 4.74 Å². The molecule has 6 nitrogen and oxygen atoms in total. The second kappa shape index (κ2) is 9.56. The molecule has 0 radical (unpaired) electrons. The van der Waals surface area contributed by atoms with Gasteiger partial charge in [-0.15, -0.1) is 0 Å². The van der Waals surface area contributed by atoms with E-state index in [1.165, 1.54) is 6.08 Å². The first-order chi connectivity index (χ1) is 14.1. The summed E-state index contributed by atoms with van der Waals surface area (Å²) in [7, 11) is 1.64. The molecule has 1 heterocycles. The summed E-state index contributed by atoms with van der Waals surface area (Å²) in [5.41, 5.74) is -0.0930. The van der Waals surface area contributed by atoms with E-state index >= 15 is 0 Å². The molecule has 29 heavy (non-hydrogen) atoms. The maximum absolute atomic E-state index is 12.7. The molecule has 0 atom stereocenters. The van der Waals surface area contributed by atoms with Crippen molar-refractivity contribution in [3.05, 3.63) is 66.3 Å². The Morgan fingerprint density at radius 2 is 1.90 bits per heavy atom. The lowest BCUT2D eigenvalue weighted by Crippen LogP contribution is -2.40. The summed E-state index contributed by atoms with van der Waals surface area (Å²) < 4.78 is 16.0. The highest BCUT2D eigenvalue weighted by atomic mass is 16.5. The zero-order valence-corrected chi connectivity index (χ0v) is 16.9. The molecule has 0 aromatic heterocycles. The van der Waals surface area contributed by atoms with Crippen molar-refractivity contribution in [2.45, 2.75) is 12.8 Å². The van der Waals surface area contributed by atoms with Gasteiger partial charge in [0, 0.05) is 30.6 Å². The molecule has 1 aliphatic carbocycles. The highest BCUT2D eigenvalue weighted by Crippen LogP contribution is 2.37. The minimum absolute atomic E-state index is 0.0305. The Kier molecular flexibility index (Phi) is 6.88. The molecular weight excluding hydrogens is 370 g/mol. The van der Waals surface area contributed by atoms with Gasteiger partial charge < -0.3 is 19.1 Å². The number of ether oxygens (including phenoxy) is 3. The second-order valence-corrected chi connectivity index (χ2v) is 6.91. The summed E-state index contributed by atoms with van der Waals surface area (Å²) in [5, 5.41) is 0. The molecule has 1 saturated heterocycles. The normalized spacial score (nSPS) is 23.9. The van der Waals surface area contributed by atoms with Crippen LogP contribution in [0.1, 0.15) is 18.4 Å². The number of methoxy groups -OCH3 is 1. The zero-order valence-electron chi connectivity index (χ0n) is 16.9. The van der Waals surface area contributed by atoms with Gasteiger partial charge in [0.25, 0.3) is 0 Å². The van der Waals surface area contributed by atoms with Crippen molar-refractivity contribution in [3.63, 3.8) is 0 Å². The van der Waals surface area contributed by atoms with Crippen LogP contribution in [0.2, 0.25) is 0 Å². The van der Waals surface area contributed by atoms with Gasteiger partial charge in [-0.1, -0.05) is 48.6 Å². The lowest BCUT2D eigenvalue weighted by molar-refractivity contribution is -0.147. The third-order valence-electron chi connectivity index (χ3n) is 5.11. The average molecular weight is 397 g/mol. The number of allylic oxidation sites excluding steroid dienone is 2. The summed E-state index contributed by atoms with van der Waals surface area (Å²) in [6.07, 6.45) is 10.6. The van der Waals surface area contributed by atoms with Gasteiger partial charge in [-0.3, -0.25) is 9.59 Å². The molecule has 1 fully saturated rings. The molecule has 154 valence electrons. The Balaban J connectivity index is 1.83. The number of nitrogens with zero attached hydrogens (tertiary/aromatic N) is 1. The predicted molar refractivity (Wildman–Crippen MR) is 110 cm³/mol. The Hall–Kier alpha value is -2.86. The quantitative estimate of drug-likeness (QED) is 0.420. The molecule has 1 amide bonds. The Bertz CT molecular complexity index is 806.